The van der Waals surface area contributed by atoms with Crippen LogP contribution in [-0.2, 0) is 18.3 Å². The van der Waals surface area contributed by atoms with E-state index in [9.17, 15) is 9.59 Å². The molecule has 0 fully saturated rings. The number of nitrogens with zero attached hydrogens (tertiary/aromatic N) is 4. The van der Waals surface area contributed by atoms with Crippen LogP contribution in [0, 0.1) is 0 Å². The summed E-state index contributed by atoms with van der Waals surface area (Å²) in [7, 11) is 3.51. The van der Waals surface area contributed by atoms with Gasteiger partial charge >= 0.3 is 11.8 Å². The number of carbonyl (C=O) groups is 1. The van der Waals surface area contributed by atoms with Crippen molar-refractivity contribution in [1.29, 1.82) is 0 Å². The highest BCUT2D eigenvalue weighted by Gasteiger charge is 2.27. The Bertz CT molecular complexity index is 860. The average Bonchev–Trinajstić information content (AvgIpc) is 2.71. The minimum Gasteiger partial charge on any atom is -0.444 e. The second-order valence-corrected chi connectivity index (χ2v) is 6.81. The van der Waals surface area contributed by atoms with Gasteiger partial charge in [-0.25, -0.2) is 18.8 Å². The molecule has 0 unspecified atom stereocenters. The van der Waals surface area contributed by atoms with Crippen molar-refractivity contribution in [2.75, 3.05) is 17.3 Å². The molecule has 0 radical (unpaired) electrons. The van der Waals surface area contributed by atoms with Gasteiger partial charge in [0, 0.05) is 14.1 Å². The van der Waals surface area contributed by atoms with Crippen molar-refractivity contribution in [2.24, 2.45) is 7.05 Å². The van der Waals surface area contributed by atoms with Crippen molar-refractivity contribution in [3.8, 4) is 5.69 Å². The van der Waals surface area contributed by atoms with E-state index in [-0.39, 0.29) is 5.69 Å². The maximum absolute atomic E-state index is 12.3. The van der Waals surface area contributed by atoms with Crippen LogP contribution >= 0.6 is 0 Å². The van der Waals surface area contributed by atoms with E-state index in [0.29, 0.717) is 23.7 Å². The third-order valence-corrected chi connectivity index (χ3v) is 3.64. The second kappa shape index (κ2) is 5.40. The first-order chi connectivity index (χ1) is 11.2. The van der Waals surface area contributed by atoms with Crippen LogP contribution in [0.5, 0.6) is 0 Å². The zero-order valence-electron chi connectivity index (χ0n) is 14.5. The molecule has 2 aromatic rings. The molecule has 8 heteroatoms. The number of anilines is 2. The molecule has 0 bridgehead atoms. The lowest BCUT2D eigenvalue weighted by molar-refractivity contribution is 0.0636. The Morgan fingerprint density at radius 2 is 2.00 bits per heavy atom. The number of carbonyl (C=O) groups excluding carboxylic acids is 1. The summed E-state index contributed by atoms with van der Waals surface area (Å²) in [6.45, 7) is 5.89. The van der Waals surface area contributed by atoms with Crippen LogP contribution in [0.3, 0.4) is 0 Å². The molecule has 1 aromatic carbocycles. The zero-order chi connectivity index (χ0) is 17.6. The molecule has 1 aliphatic heterocycles. The Balaban J connectivity index is 2.04. The van der Waals surface area contributed by atoms with Gasteiger partial charge in [-0.15, -0.1) is 0 Å². The molecule has 1 N–H and O–H groups in total. The topological polar surface area (TPSA) is 81.4 Å². The monoisotopic (exact) mass is 331 g/mol. The minimum atomic E-state index is -0.585. The first-order valence-corrected chi connectivity index (χ1v) is 7.67. The fraction of sp³-hybridized carbons (Fsp3) is 0.438. The van der Waals surface area contributed by atoms with Gasteiger partial charge in [0.2, 0.25) is 0 Å². The van der Waals surface area contributed by atoms with Crippen LogP contribution < -0.4 is 15.9 Å². The molecular formula is C16H21N5O3. The van der Waals surface area contributed by atoms with Crippen LogP contribution in [0.15, 0.2) is 23.0 Å². The number of nitrogens with one attached hydrogen (secondary N) is 1. The fourth-order valence-electron chi connectivity index (χ4n) is 2.78. The number of aromatic nitrogens is 3. The lowest BCUT2D eigenvalue weighted by atomic mass is 10.1. The highest BCUT2D eigenvalue weighted by Crippen LogP contribution is 2.36. The van der Waals surface area contributed by atoms with E-state index in [1.54, 1.807) is 44.5 Å². The number of ether oxygens (including phenoxy) is 1. The van der Waals surface area contributed by atoms with Crippen LogP contribution in [0.4, 0.5) is 16.2 Å². The predicted octanol–water partition coefficient (Wildman–Crippen LogP) is 1.87. The summed E-state index contributed by atoms with van der Waals surface area (Å²) in [4.78, 5) is 26.4. The maximum atomic E-state index is 12.3. The largest absolute Gasteiger partial charge is 0.444 e. The molecule has 128 valence electrons. The van der Waals surface area contributed by atoms with Crippen molar-refractivity contribution in [2.45, 2.75) is 32.9 Å². The summed E-state index contributed by atoms with van der Waals surface area (Å²) < 4.78 is 8.19. The van der Waals surface area contributed by atoms with Gasteiger partial charge < -0.3 is 9.64 Å². The Labute approximate surface area is 139 Å². The van der Waals surface area contributed by atoms with E-state index in [1.165, 1.54) is 4.68 Å². The van der Waals surface area contributed by atoms with Gasteiger partial charge in [0.15, 0.2) is 5.82 Å². The molecular weight excluding hydrogens is 310 g/mol. The highest BCUT2D eigenvalue weighted by atomic mass is 16.6. The Morgan fingerprint density at radius 1 is 1.29 bits per heavy atom. The first kappa shape index (κ1) is 16.1. The SMILES string of the molecule is CN1Cc2nn(C)c(=O)n2-c2cccc(NC(=O)OC(C)(C)C)c21. The number of para-hydroxylation sites is 1. The van der Waals surface area contributed by atoms with Gasteiger partial charge in [-0.2, -0.15) is 5.10 Å². The number of hydrogen-bond acceptors (Lipinski definition) is 5. The molecule has 2 heterocycles. The van der Waals surface area contributed by atoms with Crippen molar-refractivity contribution in [3.63, 3.8) is 0 Å². The quantitative estimate of drug-likeness (QED) is 0.863. The summed E-state index contributed by atoms with van der Waals surface area (Å²) in [6, 6.07) is 5.40. The summed E-state index contributed by atoms with van der Waals surface area (Å²) in [6.07, 6.45) is -0.534. The van der Waals surface area contributed by atoms with Crippen molar-refractivity contribution < 1.29 is 9.53 Å². The molecule has 0 saturated carbocycles. The molecule has 8 nitrogen and oxygen atoms in total. The fourth-order valence-corrected chi connectivity index (χ4v) is 2.78. The molecule has 3 rings (SSSR count). The zero-order valence-corrected chi connectivity index (χ0v) is 14.5. The number of amides is 1. The molecule has 1 aromatic heterocycles. The van der Waals surface area contributed by atoms with E-state index in [0.717, 1.165) is 5.69 Å². The van der Waals surface area contributed by atoms with Gasteiger partial charge in [-0.1, -0.05) is 6.07 Å². The first-order valence-electron chi connectivity index (χ1n) is 7.67. The Morgan fingerprint density at radius 3 is 2.67 bits per heavy atom. The standard InChI is InChI=1S/C16H21N5O3/c1-16(2,3)24-14(22)17-10-7-6-8-11-13(10)19(4)9-12-18-20(5)15(23)21(11)12/h6-8H,9H2,1-5H3,(H,17,22). The van der Waals surface area contributed by atoms with Gasteiger partial charge in [0.1, 0.15) is 5.60 Å². The summed E-state index contributed by atoms with van der Waals surface area (Å²) in [5, 5.41) is 7.02. The van der Waals surface area contributed by atoms with Gasteiger partial charge in [-0.3, -0.25) is 5.32 Å². The van der Waals surface area contributed by atoms with Crippen LogP contribution in [0.25, 0.3) is 5.69 Å². The molecule has 24 heavy (non-hydrogen) atoms. The lowest BCUT2D eigenvalue weighted by Gasteiger charge is -2.29. The summed E-state index contributed by atoms with van der Waals surface area (Å²) >= 11 is 0. The minimum absolute atomic E-state index is 0.214. The van der Waals surface area contributed by atoms with Crippen LogP contribution in [-0.4, -0.2) is 33.1 Å². The van der Waals surface area contributed by atoms with E-state index in [4.69, 9.17) is 4.74 Å². The molecule has 0 saturated heterocycles. The third kappa shape index (κ3) is 2.75. The van der Waals surface area contributed by atoms with Crippen LogP contribution in [0.1, 0.15) is 26.6 Å². The summed E-state index contributed by atoms with van der Waals surface area (Å²) in [5.41, 5.74) is 1.23. The van der Waals surface area contributed by atoms with Crippen LogP contribution in [0.2, 0.25) is 0 Å². The van der Waals surface area contributed by atoms with Crippen molar-refractivity contribution in [3.05, 3.63) is 34.5 Å². The number of benzene rings is 1. The van der Waals surface area contributed by atoms with Gasteiger partial charge in [0.25, 0.3) is 0 Å². The van der Waals surface area contributed by atoms with E-state index in [1.807, 2.05) is 18.0 Å². The average molecular weight is 331 g/mol. The van der Waals surface area contributed by atoms with Gasteiger partial charge in [0.05, 0.1) is 23.6 Å². The van der Waals surface area contributed by atoms with Crippen molar-refractivity contribution in [1.82, 2.24) is 14.3 Å². The lowest BCUT2D eigenvalue weighted by Crippen LogP contribution is -2.32. The Kier molecular flexibility index (Phi) is 3.62. The maximum Gasteiger partial charge on any atom is 0.412 e. The number of aryl methyl sites for hydroxylation is 1. The third-order valence-electron chi connectivity index (χ3n) is 3.64. The van der Waals surface area contributed by atoms with E-state index in [2.05, 4.69) is 10.4 Å². The second-order valence-electron chi connectivity index (χ2n) is 6.81. The molecule has 0 atom stereocenters. The Hall–Kier alpha value is -2.77. The molecule has 0 spiro atoms. The molecule has 1 aliphatic rings. The number of rotatable bonds is 1. The van der Waals surface area contributed by atoms with E-state index < -0.39 is 11.7 Å². The summed E-state index contributed by atoms with van der Waals surface area (Å²) in [5.74, 6) is 0.659. The van der Waals surface area contributed by atoms with Gasteiger partial charge in [-0.05, 0) is 32.9 Å². The van der Waals surface area contributed by atoms with E-state index >= 15 is 0 Å². The number of hydrogen-bond donors (Lipinski definition) is 1. The number of fused-ring (bicyclic) bond motifs is 3. The molecule has 1 amide bonds. The highest BCUT2D eigenvalue weighted by molar-refractivity contribution is 5.92. The smallest absolute Gasteiger partial charge is 0.412 e. The molecule has 0 aliphatic carbocycles. The normalized spacial score (nSPS) is 13.3. The van der Waals surface area contributed by atoms with Crippen molar-refractivity contribution >= 4 is 17.5 Å². The predicted molar refractivity (Wildman–Crippen MR) is 90.8 cm³/mol.